The Morgan fingerprint density at radius 1 is 1.22 bits per heavy atom. The van der Waals surface area contributed by atoms with Crippen LogP contribution < -0.4 is 0 Å². The van der Waals surface area contributed by atoms with Crippen molar-refractivity contribution in [2.45, 2.75) is 12.8 Å². The first-order chi connectivity index (χ1) is 13.1. The molecule has 27 heavy (non-hydrogen) atoms. The third-order valence-corrected chi connectivity index (χ3v) is 5.52. The Morgan fingerprint density at radius 2 is 2.04 bits per heavy atom. The first-order valence-electron chi connectivity index (χ1n) is 8.70. The van der Waals surface area contributed by atoms with E-state index in [1.807, 2.05) is 36.5 Å². The van der Waals surface area contributed by atoms with Gasteiger partial charge in [0.1, 0.15) is 10.7 Å². The molecule has 0 aliphatic carbocycles. The lowest BCUT2D eigenvalue weighted by Crippen LogP contribution is -2.42. The number of hydrogen-bond donors (Lipinski definition) is 1. The van der Waals surface area contributed by atoms with Crippen LogP contribution in [0.3, 0.4) is 0 Å². The van der Waals surface area contributed by atoms with Gasteiger partial charge in [-0.25, -0.2) is 9.67 Å². The second kappa shape index (κ2) is 7.32. The van der Waals surface area contributed by atoms with E-state index in [9.17, 15) is 14.7 Å². The lowest BCUT2D eigenvalue weighted by Gasteiger charge is -2.30. The van der Waals surface area contributed by atoms with E-state index >= 15 is 0 Å². The Labute approximate surface area is 159 Å². The monoisotopic (exact) mass is 382 g/mol. The number of carboxylic acid groups (broad SMARTS) is 1. The molecule has 1 aromatic carbocycles. The van der Waals surface area contributed by atoms with Crippen molar-refractivity contribution in [3.05, 3.63) is 53.8 Å². The van der Waals surface area contributed by atoms with Gasteiger partial charge in [0.25, 0.3) is 5.91 Å². The summed E-state index contributed by atoms with van der Waals surface area (Å²) in [6.07, 6.45) is 4.91. The summed E-state index contributed by atoms with van der Waals surface area (Å²) in [7, 11) is 0. The number of carbonyl (C=O) groups is 2. The number of aliphatic carboxylic acids is 1. The zero-order chi connectivity index (χ0) is 18.8. The van der Waals surface area contributed by atoms with Gasteiger partial charge in [-0.05, 0) is 25.0 Å². The van der Waals surface area contributed by atoms with E-state index < -0.39 is 11.9 Å². The maximum absolute atomic E-state index is 12.7. The summed E-state index contributed by atoms with van der Waals surface area (Å²) < 4.78 is 1.76. The maximum Gasteiger partial charge on any atom is 0.308 e. The molecule has 7 nitrogen and oxygen atoms in total. The third-order valence-electron chi connectivity index (χ3n) is 4.63. The highest BCUT2D eigenvalue weighted by Crippen LogP contribution is 2.26. The van der Waals surface area contributed by atoms with E-state index in [-0.39, 0.29) is 12.5 Å². The normalized spacial score (nSPS) is 17.0. The quantitative estimate of drug-likeness (QED) is 0.749. The van der Waals surface area contributed by atoms with Crippen molar-refractivity contribution < 1.29 is 14.7 Å². The molecule has 0 unspecified atom stereocenters. The van der Waals surface area contributed by atoms with Crippen LogP contribution in [0.4, 0.5) is 0 Å². The molecule has 0 bridgehead atoms. The molecule has 3 heterocycles. The minimum Gasteiger partial charge on any atom is -0.481 e. The number of para-hydroxylation sites is 1. The number of aromatic nitrogens is 3. The Bertz CT molecular complexity index is 966. The Morgan fingerprint density at radius 3 is 2.81 bits per heavy atom. The fourth-order valence-corrected chi connectivity index (χ4v) is 3.95. The Hall–Kier alpha value is -3.00. The van der Waals surface area contributed by atoms with Gasteiger partial charge in [-0.2, -0.15) is 5.10 Å². The average Bonchev–Trinajstić information content (AvgIpc) is 3.38. The number of amides is 1. The Kier molecular flexibility index (Phi) is 4.72. The highest BCUT2D eigenvalue weighted by atomic mass is 32.1. The molecule has 1 aliphatic rings. The van der Waals surface area contributed by atoms with Gasteiger partial charge in [0, 0.05) is 30.2 Å². The van der Waals surface area contributed by atoms with Crippen molar-refractivity contribution in [2.24, 2.45) is 5.92 Å². The number of thiazole rings is 1. The number of benzene rings is 1. The first-order valence-corrected chi connectivity index (χ1v) is 9.58. The van der Waals surface area contributed by atoms with Gasteiger partial charge in [-0.1, -0.05) is 18.2 Å². The van der Waals surface area contributed by atoms with E-state index in [1.54, 1.807) is 21.2 Å². The zero-order valence-electron chi connectivity index (χ0n) is 14.5. The molecule has 1 aliphatic heterocycles. The summed E-state index contributed by atoms with van der Waals surface area (Å²) in [5.41, 5.74) is 2.14. The summed E-state index contributed by atoms with van der Waals surface area (Å²) in [4.78, 5) is 30.0. The van der Waals surface area contributed by atoms with Gasteiger partial charge in [0.05, 0.1) is 17.8 Å². The van der Waals surface area contributed by atoms with Crippen LogP contribution in [-0.2, 0) is 4.79 Å². The fraction of sp³-hybridized carbons (Fsp3) is 0.263. The molecule has 3 aromatic rings. The predicted molar refractivity (Wildman–Crippen MR) is 101 cm³/mol. The van der Waals surface area contributed by atoms with Crippen LogP contribution in [0.15, 0.2) is 48.1 Å². The molecule has 2 aromatic heterocycles. The summed E-state index contributed by atoms with van der Waals surface area (Å²) in [6.45, 7) is 0.814. The largest absolute Gasteiger partial charge is 0.481 e. The zero-order valence-corrected chi connectivity index (χ0v) is 15.3. The predicted octanol–water partition coefficient (Wildman–Crippen LogP) is 2.93. The number of carbonyl (C=O) groups excluding carboxylic acids is 1. The van der Waals surface area contributed by atoms with Crippen molar-refractivity contribution in [1.29, 1.82) is 0 Å². The highest BCUT2D eigenvalue weighted by Gasteiger charge is 2.29. The maximum atomic E-state index is 12.7. The van der Waals surface area contributed by atoms with E-state index in [0.717, 1.165) is 11.3 Å². The molecule has 1 fully saturated rings. The van der Waals surface area contributed by atoms with Crippen LogP contribution in [0, 0.1) is 5.92 Å². The van der Waals surface area contributed by atoms with Crippen molar-refractivity contribution in [1.82, 2.24) is 19.7 Å². The highest BCUT2D eigenvalue weighted by molar-refractivity contribution is 7.13. The van der Waals surface area contributed by atoms with Crippen LogP contribution in [0.1, 0.15) is 23.3 Å². The molecule has 0 spiro atoms. The van der Waals surface area contributed by atoms with Crippen LogP contribution in [0.25, 0.3) is 16.3 Å². The molecule has 1 saturated heterocycles. The molecule has 0 radical (unpaired) electrons. The molecule has 1 amide bonds. The number of carboxylic acids is 1. The minimum atomic E-state index is -0.847. The van der Waals surface area contributed by atoms with Crippen molar-refractivity contribution in [2.75, 3.05) is 13.1 Å². The molecule has 4 rings (SSSR count). The summed E-state index contributed by atoms with van der Waals surface area (Å²) >= 11 is 1.38. The van der Waals surface area contributed by atoms with E-state index in [4.69, 9.17) is 0 Å². The number of likely N-dealkylation sites (tertiary alicyclic amines) is 1. The second-order valence-corrected chi connectivity index (χ2v) is 7.33. The SMILES string of the molecule is O=C(O)[C@@H]1CCCN(C(=O)c2csc(-c3cnn(-c4ccccc4)c3)n2)C1. The minimum absolute atomic E-state index is 0.209. The summed E-state index contributed by atoms with van der Waals surface area (Å²) in [5, 5.41) is 16.0. The van der Waals surface area contributed by atoms with E-state index in [0.29, 0.717) is 30.1 Å². The lowest BCUT2D eigenvalue weighted by molar-refractivity contribution is -0.143. The third kappa shape index (κ3) is 3.61. The van der Waals surface area contributed by atoms with Gasteiger partial charge < -0.3 is 10.0 Å². The van der Waals surface area contributed by atoms with Crippen molar-refractivity contribution in [3.8, 4) is 16.3 Å². The first kappa shape index (κ1) is 17.4. The van der Waals surface area contributed by atoms with Gasteiger partial charge in [-0.15, -0.1) is 11.3 Å². The standard InChI is InChI=1S/C19H18N4O3S/c24-18(22-8-4-5-13(10-22)19(25)26)16-12-27-17(21-16)14-9-20-23(11-14)15-6-2-1-3-7-15/h1-3,6-7,9,11-13H,4-5,8,10H2,(H,25,26)/t13-/m1/s1. The van der Waals surface area contributed by atoms with Crippen LogP contribution in [0.2, 0.25) is 0 Å². The Balaban J connectivity index is 1.51. The van der Waals surface area contributed by atoms with Crippen LogP contribution in [-0.4, -0.2) is 49.7 Å². The fourth-order valence-electron chi connectivity index (χ4n) is 3.18. The second-order valence-electron chi connectivity index (χ2n) is 6.48. The number of piperidine rings is 1. The molecule has 1 N–H and O–H groups in total. The topological polar surface area (TPSA) is 88.3 Å². The molecule has 138 valence electrons. The van der Waals surface area contributed by atoms with E-state index in [1.165, 1.54) is 11.3 Å². The van der Waals surface area contributed by atoms with Gasteiger partial charge in [0.2, 0.25) is 0 Å². The molecule has 1 atom stereocenters. The van der Waals surface area contributed by atoms with Crippen LogP contribution >= 0.6 is 11.3 Å². The number of hydrogen-bond acceptors (Lipinski definition) is 5. The van der Waals surface area contributed by atoms with Gasteiger partial charge in [-0.3, -0.25) is 9.59 Å². The smallest absolute Gasteiger partial charge is 0.308 e. The van der Waals surface area contributed by atoms with Gasteiger partial charge >= 0.3 is 5.97 Å². The average molecular weight is 382 g/mol. The van der Waals surface area contributed by atoms with Crippen molar-refractivity contribution >= 4 is 23.2 Å². The molecule has 8 heteroatoms. The number of rotatable bonds is 4. The van der Waals surface area contributed by atoms with Crippen LogP contribution in [0.5, 0.6) is 0 Å². The summed E-state index contributed by atoms with van der Waals surface area (Å²) in [6, 6.07) is 9.76. The van der Waals surface area contributed by atoms with Gasteiger partial charge in [0.15, 0.2) is 0 Å². The summed E-state index contributed by atoms with van der Waals surface area (Å²) in [5.74, 6) is -1.55. The van der Waals surface area contributed by atoms with E-state index in [2.05, 4.69) is 10.1 Å². The molecule has 0 saturated carbocycles. The molecular weight excluding hydrogens is 364 g/mol. The lowest BCUT2D eigenvalue weighted by atomic mass is 9.98. The molecular formula is C19H18N4O3S. The van der Waals surface area contributed by atoms with Crippen molar-refractivity contribution in [3.63, 3.8) is 0 Å². The number of nitrogens with zero attached hydrogens (tertiary/aromatic N) is 4.